The van der Waals surface area contributed by atoms with Crippen molar-refractivity contribution in [3.63, 3.8) is 0 Å². The van der Waals surface area contributed by atoms with Gasteiger partial charge in [-0.25, -0.2) is 14.3 Å². The summed E-state index contributed by atoms with van der Waals surface area (Å²) in [6.45, 7) is 11.7. The Labute approximate surface area is 168 Å². The van der Waals surface area contributed by atoms with Crippen molar-refractivity contribution < 1.29 is 4.74 Å². The van der Waals surface area contributed by atoms with Crippen LogP contribution < -0.4 is 10.3 Å². The molecule has 4 rings (SSSR count). The molecule has 0 saturated carbocycles. The van der Waals surface area contributed by atoms with Gasteiger partial charge in [0.05, 0.1) is 12.3 Å². The van der Waals surface area contributed by atoms with E-state index in [0.717, 1.165) is 16.9 Å². The fraction of sp³-hybridized carbons (Fsp3) is 0.174. The number of hydrogen-bond acceptors (Lipinski definition) is 3. The molecule has 6 heteroatoms. The number of hydrogen-bond donors (Lipinski definition) is 1. The van der Waals surface area contributed by atoms with E-state index in [2.05, 4.69) is 14.9 Å². The van der Waals surface area contributed by atoms with Crippen LogP contribution in [0.4, 0.5) is 5.69 Å². The molecular formula is C23H20N4O2. The van der Waals surface area contributed by atoms with E-state index >= 15 is 0 Å². The first-order chi connectivity index (χ1) is 14.1. The molecular weight excluding hydrogens is 364 g/mol. The molecule has 2 aromatic carbocycles. The third-order valence-corrected chi connectivity index (χ3v) is 4.75. The van der Waals surface area contributed by atoms with Gasteiger partial charge in [0, 0.05) is 17.3 Å². The SMILES string of the molecule is [C-]#[N+]c1c[nH]n2c(=O)c(C(C)C)c(-c3ccc(OCc4ccccc4)cc3)nc12. The maximum absolute atomic E-state index is 13.0. The zero-order valence-electron chi connectivity index (χ0n) is 16.2. The van der Waals surface area contributed by atoms with Crippen LogP contribution in [0.15, 0.2) is 65.6 Å². The van der Waals surface area contributed by atoms with Crippen molar-refractivity contribution in [1.29, 1.82) is 0 Å². The Kier molecular flexibility index (Phi) is 4.88. The molecule has 0 radical (unpaired) electrons. The third kappa shape index (κ3) is 3.50. The van der Waals surface area contributed by atoms with Gasteiger partial charge in [-0.05, 0) is 35.7 Å². The first-order valence-corrected chi connectivity index (χ1v) is 9.37. The number of rotatable bonds is 5. The smallest absolute Gasteiger partial charge is 0.275 e. The van der Waals surface area contributed by atoms with Crippen molar-refractivity contribution in [3.05, 3.63) is 93.7 Å². The largest absolute Gasteiger partial charge is 0.489 e. The molecule has 0 spiro atoms. The molecule has 0 saturated heterocycles. The molecule has 0 bridgehead atoms. The second-order valence-electron chi connectivity index (χ2n) is 7.06. The van der Waals surface area contributed by atoms with Crippen LogP contribution in [0, 0.1) is 6.57 Å². The molecule has 2 aromatic heterocycles. The first-order valence-electron chi connectivity index (χ1n) is 9.37. The Hall–Kier alpha value is -3.85. The molecule has 0 aliphatic heterocycles. The van der Waals surface area contributed by atoms with Gasteiger partial charge in [-0.2, -0.15) is 0 Å². The van der Waals surface area contributed by atoms with E-state index in [0.29, 0.717) is 29.2 Å². The van der Waals surface area contributed by atoms with E-state index < -0.39 is 0 Å². The van der Waals surface area contributed by atoms with Gasteiger partial charge >= 0.3 is 0 Å². The van der Waals surface area contributed by atoms with Crippen LogP contribution in [0.5, 0.6) is 5.75 Å². The van der Waals surface area contributed by atoms with Crippen LogP contribution >= 0.6 is 0 Å². The summed E-state index contributed by atoms with van der Waals surface area (Å²) in [7, 11) is 0. The molecule has 0 unspecified atom stereocenters. The second kappa shape index (κ2) is 7.64. The molecule has 29 heavy (non-hydrogen) atoms. The number of H-pyrrole nitrogens is 1. The van der Waals surface area contributed by atoms with Gasteiger partial charge in [0.2, 0.25) is 5.69 Å². The number of ether oxygens (including phenoxy) is 1. The lowest BCUT2D eigenvalue weighted by atomic mass is 9.98. The van der Waals surface area contributed by atoms with Gasteiger partial charge < -0.3 is 9.84 Å². The quantitative estimate of drug-likeness (QED) is 0.496. The average molecular weight is 384 g/mol. The summed E-state index contributed by atoms with van der Waals surface area (Å²) in [5, 5.41) is 2.83. The van der Waals surface area contributed by atoms with Crippen LogP contribution in [-0.2, 0) is 6.61 Å². The number of aromatic amines is 1. The van der Waals surface area contributed by atoms with Gasteiger partial charge in [-0.15, -0.1) is 0 Å². The maximum Gasteiger partial charge on any atom is 0.275 e. The summed E-state index contributed by atoms with van der Waals surface area (Å²) in [6.07, 6.45) is 1.51. The number of aromatic nitrogens is 3. The number of benzene rings is 2. The highest BCUT2D eigenvalue weighted by Crippen LogP contribution is 2.29. The van der Waals surface area contributed by atoms with Crippen LogP contribution in [0.25, 0.3) is 21.7 Å². The lowest BCUT2D eigenvalue weighted by Gasteiger charge is -2.13. The van der Waals surface area contributed by atoms with Crippen LogP contribution in [0.2, 0.25) is 0 Å². The average Bonchev–Trinajstić information content (AvgIpc) is 3.16. The highest BCUT2D eigenvalue weighted by atomic mass is 16.5. The van der Waals surface area contributed by atoms with E-state index in [1.165, 1.54) is 10.7 Å². The highest BCUT2D eigenvalue weighted by molar-refractivity contribution is 5.73. The zero-order valence-corrected chi connectivity index (χ0v) is 16.2. The van der Waals surface area contributed by atoms with Crippen molar-refractivity contribution in [2.75, 3.05) is 0 Å². The van der Waals surface area contributed by atoms with Crippen molar-refractivity contribution in [2.24, 2.45) is 0 Å². The molecule has 0 aliphatic rings. The van der Waals surface area contributed by atoms with Crippen LogP contribution in [-0.4, -0.2) is 14.6 Å². The van der Waals surface area contributed by atoms with E-state index in [9.17, 15) is 4.79 Å². The van der Waals surface area contributed by atoms with Crippen molar-refractivity contribution in [2.45, 2.75) is 26.4 Å². The normalized spacial score (nSPS) is 11.0. The van der Waals surface area contributed by atoms with E-state index in [4.69, 9.17) is 11.3 Å². The van der Waals surface area contributed by atoms with Crippen LogP contribution in [0.3, 0.4) is 0 Å². The summed E-state index contributed by atoms with van der Waals surface area (Å²) < 4.78 is 7.18. The van der Waals surface area contributed by atoms with Crippen molar-refractivity contribution in [1.82, 2.24) is 14.6 Å². The molecule has 0 amide bonds. The Morgan fingerprint density at radius 1 is 1.14 bits per heavy atom. The number of fused-ring (bicyclic) bond motifs is 1. The van der Waals surface area contributed by atoms with Crippen molar-refractivity contribution in [3.8, 4) is 17.0 Å². The van der Waals surface area contributed by atoms with Gasteiger partial charge in [-0.1, -0.05) is 44.2 Å². The summed E-state index contributed by atoms with van der Waals surface area (Å²) in [5.74, 6) is 0.723. The van der Waals surface area contributed by atoms with E-state index in [1.54, 1.807) is 0 Å². The third-order valence-electron chi connectivity index (χ3n) is 4.75. The number of nitrogens with one attached hydrogen (secondary N) is 1. The Bertz CT molecular complexity index is 1250. The minimum atomic E-state index is -0.181. The monoisotopic (exact) mass is 384 g/mol. The predicted octanol–water partition coefficient (Wildman–Crippen LogP) is 4.94. The predicted molar refractivity (Wildman–Crippen MR) is 112 cm³/mol. The van der Waals surface area contributed by atoms with Crippen LogP contribution in [0.1, 0.15) is 30.9 Å². The maximum atomic E-state index is 13.0. The topological polar surface area (TPSA) is 63.8 Å². The molecule has 144 valence electrons. The Morgan fingerprint density at radius 3 is 2.52 bits per heavy atom. The molecule has 1 N–H and O–H groups in total. The molecule has 0 aliphatic carbocycles. The van der Waals surface area contributed by atoms with E-state index in [1.807, 2.05) is 68.4 Å². The van der Waals surface area contributed by atoms with Gasteiger partial charge in [0.25, 0.3) is 5.56 Å². The number of nitrogens with zero attached hydrogens (tertiary/aromatic N) is 3. The molecule has 4 aromatic rings. The lowest BCUT2D eigenvalue weighted by Crippen LogP contribution is -2.22. The second-order valence-corrected chi connectivity index (χ2v) is 7.06. The minimum absolute atomic E-state index is 0.0180. The molecule has 0 fully saturated rings. The summed E-state index contributed by atoms with van der Waals surface area (Å²) in [5.41, 5.74) is 3.60. The van der Waals surface area contributed by atoms with Gasteiger partial charge in [0.1, 0.15) is 12.4 Å². The Balaban J connectivity index is 1.71. The molecule has 2 heterocycles. The standard InChI is InChI=1S/C23H20N4O2/c1-15(2)20-21(26-22-19(24-3)13-25-27(22)23(20)28)17-9-11-18(12-10-17)29-14-16-7-5-4-6-8-16/h4-13,15,25H,14H2,1-2H3. The van der Waals surface area contributed by atoms with E-state index in [-0.39, 0.29) is 11.5 Å². The molecule has 6 nitrogen and oxygen atoms in total. The Morgan fingerprint density at radius 2 is 1.86 bits per heavy atom. The fourth-order valence-electron chi connectivity index (χ4n) is 3.29. The van der Waals surface area contributed by atoms with Gasteiger partial charge in [0.15, 0.2) is 5.65 Å². The van der Waals surface area contributed by atoms with Gasteiger partial charge in [-0.3, -0.25) is 4.79 Å². The zero-order chi connectivity index (χ0) is 20.4. The fourth-order valence-corrected chi connectivity index (χ4v) is 3.29. The summed E-state index contributed by atoms with van der Waals surface area (Å²) in [6, 6.07) is 17.5. The molecule has 0 atom stereocenters. The first kappa shape index (κ1) is 18.5. The highest BCUT2D eigenvalue weighted by Gasteiger charge is 2.19. The van der Waals surface area contributed by atoms with Crippen molar-refractivity contribution >= 4 is 11.3 Å². The summed E-state index contributed by atoms with van der Waals surface area (Å²) in [4.78, 5) is 21.1. The lowest BCUT2D eigenvalue weighted by molar-refractivity contribution is 0.306. The summed E-state index contributed by atoms with van der Waals surface area (Å²) >= 11 is 0. The minimum Gasteiger partial charge on any atom is -0.489 e.